The second-order valence-electron chi connectivity index (χ2n) is 12.2. The quantitative estimate of drug-likeness (QED) is 0.0212. The summed E-state index contributed by atoms with van der Waals surface area (Å²) >= 11 is 0. The fourth-order valence-corrected chi connectivity index (χ4v) is 7.41. The van der Waals surface area contributed by atoms with Crippen LogP contribution in [0.5, 0.6) is 0 Å². The molecule has 4 N–H and O–H groups in total. The van der Waals surface area contributed by atoms with Gasteiger partial charge < -0.3 is 38.3 Å². The molecule has 0 spiro atoms. The molecule has 0 saturated carbocycles. The summed E-state index contributed by atoms with van der Waals surface area (Å²) in [6.45, 7) is 3.66. The number of rotatable bonds is 32. The van der Waals surface area contributed by atoms with Crippen molar-refractivity contribution in [2.75, 3.05) is 11.5 Å². The van der Waals surface area contributed by atoms with Crippen molar-refractivity contribution in [2.45, 2.75) is 166 Å². The van der Waals surface area contributed by atoms with E-state index in [4.69, 9.17) is 15.3 Å². The van der Waals surface area contributed by atoms with Crippen molar-refractivity contribution in [1.82, 2.24) is 0 Å². The van der Waals surface area contributed by atoms with Gasteiger partial charge in [0.05, 0.1) is 31.2 Å². The molecule has 0 radical (unpaired) electrons. The Balaban J connectivity index is -0.000000122. The minimum atomic E-state index is -4.80. The van der Waals surface area contributed by atoms with E-state index in [0.717, 1.165) is 89.9 Å². The van der Waals surface area contributed by atoms with E-state index in [1.54, 1.807) is 0 Å². The first-order valence-electron chi connectivity index (χ1n) is 17.6. The van der Waals surface area contributed by atoms with Crippen LogP contribution in [0.15, 0.2) is 12.7 Å². The van der Waals surface area contributed by atoms with Crippen molar-refractivity contribution in [3.05, 3.63) is 12.7 Å². The fraction of sp³-hybridized carbons (Fsp3) is 0.848. The number of carboxylic acids is 3. The van der Waals surface area contributed by atoms with Crippen LogP contribution < -0.4 is 88.7 Å². The minimum Gasteiger partial charge on any atom is -0.870 e. The summed E-state index contributed by atoms with van der Waals surface area (Å²) in [6.07, 6.45) is 22.0. The molecule has 15 nitrogen and oxygen atoms in total. The van der Waals surface area contributed by atoms with Crippen LogP contribution in [0.4, 0.5) is 0 Å². The summed E-state index contributed by atoms with van der Waals surface area (Å²) in [4.78, 5) is 30.6. The zero-order valence-electron chi connectivity index (χ0n) is 33.0. The molecular weight excluding hydrogens is 802 g/mol. The van der Waals surface area contributed by atoms with E-state index in [2.05, 4.69) is 6.58 Å². The molecule has 0 fully saturated rings. The SMILES string of the molecule is C=CCCCCCCCCC(=O)O.O=C(O)CCCCCCCCC(CS(=O)(=O)[O-])S(=O)(=O)[O-].O=C(O)CCCCCCCCCC[S-](=O)=O.[Na+].[Na+].[Na+].[OH-]. The average molecular weight is 864 g/mol. The maximum atomic E-state index is 10.9. The van der Waals surface area contributed by atoms with Crippen molar-refractivity contribution >= 4 is 48.8 Å². The van der Waals surface area contributed by atoms with E-state index in [-0.39, 0.29) is 119 Å². The van der Waals surface area contributed by atoms with Crippen LogP contribution in [0.1, 0.15) is 161 Å². The van der Waals surface area contributed by atoms with E-state index < -0.39 is 59.9 Å². The predicted octanol–water partition coefficient (Wildman–Crippen LogP) is -2.25. The van der Waals surface area contributed by atoms with Gasteiger partial charge in [0.1, 0.15) is 0 Å². The molecule has 21 heteroatoms. The van der Waals surface area contributed by atoms with E-state index >= 15 is 0 Å². The molecule has 0 aromatic carbocycles. The Morgan fingerprint density at radius 1 is 0.556 bits per heavy atom. The van der Waals surface area contributed by atoms with Crippen molar-refractivity contribution in [1.29, 1.82) is 0 Å². The average Bonchev–Trinajstić information content (AvgIpc) is 2.99. The van der Waals surface area contributed by atoms with Crippen molar-refractivity contribution in [3.8, 4) is 0 Å². The summed E-state index contributed by atoms with van der Waals surface area (Å²) in [5, 5.41) is 23.5. The summed E-state index contributed by atoms with van der Waals surface area (Å²) in [5.74, 6) is -3.15. The number of carbonyl (C=O) groups is 3. The fourth-order valence-electron chi connectivity index (χ4n) is 4.72. The molecule has 0 saturated heterocycles. The van der Waals surface area contributed by atoms with Gasteiger partial charge in [-0.25, -0.2) is 16.8 Å². The van der Waals surface area contributed by atoms with Crippen molar-refractivity contribution < 1.29 is 158 Å². The van der Waals surface area contributed by atoms with Gasteiger partial charge in [-0.05, 0) is 38.5 Å². The maximum Gasteiger partial charge on any atom is 1.00 e. The van der Waals surface area contributed by atoms with E-state index in [1.807, 2.05) is 6.08 Å². The molecule has 0 aromatic rings. The minimum absolute atomic E-state index is 0. The number of aliphatic carboxylic acids is 3. The Bertz CT molecular complexity index is 1180. The molecule has 1 atom stereocenters. The van der Waals surface area contributed by atoms with Crippen LogP contribution in [-0.2, 0) is 53.7 Å². The molecule has 0 amide bonds. The standard InChI is InChI=1S/C11H22O8S2.C11H21O4S.C11H20O2.3Na.H2O/c12-11(13)8-6-4-2-1-3-5-7-10(21(17,18)19)9-20(14,15)16;12-11(13)9-7-5-3-1-2-4-6-8-10-16(14)15;1-2-3-4-5-6-7-8-9-10-11(12)13;;;;/h10H,1-9H2,(H,12,13)(H,14,15,16)(H,17,18,19);1-10H2,(H,12,13);2H,1,3-10H2,(H,12,13);;;;1H2/q;-1;;3*+1;/p-3. The van der Waals surface area contributed by atoms with Gasteiger partial charge in [-0.3, -0.25) is 14.4 Å². The molecule has 0 heterocycles. The molecular formula is C33H62Na3O15S3-. The van der Waals surface area contributed by atoms with Crippen molar-refractivity contribution in [3.63, 3.8) is 0 Å². The molecule has 306 valence electrons. The van der Waals surface area contributed by atoms with Crippen LogP contribution in [-0.4, -0.2) is 81.4 Å². The Kier molecular flexibility index (Phi) is 62.1. The van der Waals surface area contributed by atoms with Gasteiger partial charge >= 0.3 is 107 Å². The Morgan fingerprint density at radius 3 is 1.13 bits per heavy atom. The van der Waals surface area contributed by atoms with Gasteiger partial charge in [-0.1, -0.05) is 125 Å². The first-order valence-corrected chi connectivity index (χ1v) is 21.9. The number of hydrogen-bond donors (Lipinski definition) is 3. The Hall–Kier alpha value is 0.880. The maximum absolute atomic E-state index is 10.9. The summed E-state index contributed by atoms with van der Waals surface area (Å²) in [7, 11) is -11.4. The first kappa shape index (κ1) is 69.5. The van der Waals surface area contributed by atoms with Gasteiger partial charge in [0.25, 0.3) is 0 Å². The van der Waals surface area contributed by atoms with Gasteiger partial charge in [0.2, 0.25) is 0 Å². The van der Waals surface area contributed by atoms with Crippen LogP contribution in [0.3, 0.4) is 0 Å². The van der Waals surface area contributed by atoms with E-state index in [1.165, 1.54) is 25.7 Å². The van der Waals surface area contributed by atoms with E-state index in [0.29, 0.717) is 25.7 Å². The number of carboxylic acid groups (broad SMARTS) is 3. The van der Waals surface area contributed by atoms with Crippen LogP contribution in [0.2, 0.25) is 0 Å². The topological polar surface area (TPSA) is 290 Å². The van der Waals surface area contributed by atoms with Gasteiger partial charge in [0, 0.05) is 19.3 Å². The molecule has 0 bridgehead atoms. The second kappa shape index (κ2) is 48.3. The molecule has 0 aromatic heterocycles. The zero-order chi connectivity index (χ0) is 38.7. The Morgan fingerprint density at radius 2 is 0.852 bits per heavy atom. The predicted molar refractivity (Wildman–Crippen MR) is 192 cm³/mol. The summed E-state index contributed by atoms with van der Waals surface area (Å²) in [5.41, 5.74) is 0. The summed E-state index contributed by atoms with van der Waals surface area (Å²) in [6, 6.07) is 0. The largest absolute Gasteiger partial charge is 1.00 e. The second-order valence-corrected chi connectivity index (χ2v) is 16.3. The Labute approximate surface area is 392 Å². The molecule has 1 unspecified atom stereocenters. The third-order valence-electron chi connectivity index (χ3n) is 7.47. The third kappa shape index (κ3) is 67.6. The van der Waals surface area contributed by atoms with Crippen LogP contribution >= 0.6 is 0 Å². The van der Waals surface area contributed by atoms with Crippen molar-refractivity contribution in [2.24, 2.45) is 0 Å². The number of allylic oxidation sites excluding steroid dienone is 1. The summed E-state index contributed by atoms with van der Waals surface area (Å²) < 4.78 is 84.6. The molecule has 0 aliphatic heterocycles. The van der Waals surface area contributed by atoms with E-state index in [9.17, 15) is 48.7 Å². The smallest absolute Gasteiger partial charge is 0.870 e. The zero-order valence-corrected chi connectivity index (χ0v) is 41.4. The molecule has 0 rings (SSSR count). The normalized spacial score (nSPS) is 11.0. The monoisotopic (exact) mass is 863 g/mol. The number of hydrogen-bond acceptors (Lipinski definition) is 13. The third-order valence-corrected chi connectivity index (χ3v) is 10.3. The molecule has 0 aliphatic carbocycles. The van der Waals surface area contributed by atoms with Crippen LogP contribution in [0.25, 0.3) is 0 Å². The van der Waals surface area contributed by atoms with Crippen LogP contribution in [0, 0.1) is 0 Å². The van der Waals surface area contributed by atoms with Gasteiger partial charge in [-0.2, -0.15) is 0 Å². The molecule has 0 aliphatic rings. The van der Waals surface area contributed by atoms with Gasteiger partial charge in [-0.15, -0.1) is 6.58 Å². The number of unbranched alkanes of at least 4 members (excludes halogenated alkanes) is 18. The molecule has 54 heavy (non-hydrogen) atoms. The first-order chi connectivity index (χ1) is 23.4. The van der Waals surface area contributed by atoms with Gasteiger partial charge in [0.15, 0.2) is 0 Å².